The molecule has 1 N–H and O–H groups in total. The molecule has 2 aliphatic heterocycles. The normalized spacial score (nSPS) is 42.8. The molecule has 4 nitrogen and oxygen atoms in total. The predicted octanol–water partition coefficient (Wildman–Crippen LogP) is 2.42. The fraction of sp³-hybridized carbons (Fsp3) is 0.471. The molecule has 0 radical (unpaired) electrons. The van der Waals surface area contributed by atoms with E-state index in [0.717, 1.165) is 17.7 Å². The average Bonchev–Trinajstić information content (AvgIpc) is 3.16. The van der Waals surface area contributed by atoms with E-state index in [1.807, 2.05) is 24.3 Å². The van der Waals surface area contributed by atoms with Gasteiger partial charge in [0.05, 0.1) is 18.9 Å². The summed E-state index contributed by atoms with van der Waals surface area (Å²) in [6, 6.07) is 7.62. The number of nitrogens with one attached hydrogen (secondary N) is 1. The van der Waals surface area contributed by atoms with Crippen LogP contribution in [0.2, 0.25) is 0 Å². The summed E-state index contributed by atoms with van der Waals surface area (Å²) >= 11 is 0. The number of hydrogen-bond donors (Lipinski definition) is 1. The van der Waals surface area contributed by atoms with E-state index in [4.69, 9.17) is 9.47 Å². The van der Waals surface area contributed by atoms with Crippen molar-refractivity contribution in [3.63, 3.8) is 0 Å². The van der Waals surface area contributed by atoms with Crippen molar-refractivity contribution >= 4 is 11.6 Å². The molecule has 1 aromatic rings. The number of fused-ring (bicyclic) bond motifs is 5. The van der Waals surface area contributed by atoms with Crippen molar-refractivity contribution in [1.82, 2.24) is 0 Å². The third-order valence-electron chi connectivity index (χ3n) is 5.58. The van der Waals surface area contributed by atoms with Crippen LogP contribution in [-0.4, -0.2) is 19.1 Å². The van der Waals surface area contributed by atoms with Gasteiger partial charge in [0, 0.05) is 11.0 Å². The number of benzene rings is 1. The summed E-state index contributed by atoms with van der Waals surface area (Å²) in [4.78, 5) is 12.4. The van der Waals surface area contributed by atoms with Gasteiger partial charge in [0.1, 0.15) is 0 Å². The van der Waals surface area contributed by atoms with E-state index in [1.165, 1.54) is 6.42 Å². The Kier molecular flexibility index (Phi) is 2.14. The van der Waals surface area contributed by atoms with Gasteiger partial charge in [0.2, 0.25) is 0 Å². The summed E-state index contributed by atoms with van der Waals surface area (Å²) < 4.78 is 12.2. The lowest BCUT2D eigenvalue weighted by atomic mass is 9.76. The van der Waals surface area contributed by atoms with Crippen molar-refractivity contribution < 1.29 is 14.3 Å². The van der Waals surface area contributed by atoms with Crippen molar-refractivity contribution in [2.24, 2.45) is 17.3 Å². The fourth-order valence-electron chi connectivity index (χ4n) is 4.45. The first-order valence-electron chi connectivity index (χ1n) is 7.59. The van der Waals surface area contributed by atoms with Crippen LogP contribution in [0.25, 0.3) is 0 Å². The smallest absolute Gasteiger partial charge is 0.289 e. The molecule has 1 saturated heterocycles. The van der Waals surface area contributed by atoms with Crippen molar-refractivity contribution in [3.05, 3.63) is 42.0 Å². The number of amides is 1. The van der Waals surface area contributed by atoms with Gasteiger partial charge in [-0.3, -0.25) is 4.79 Å². The molecule has 2 fully saturated rings. The van der Waals surface area contributed by atoms with Crippen molar-refractivity contribution in [2.75, 3.05) is 18.5 Å². The van der Waals surface area contributed by atoms with Crippen LogP contribution in [-0.2, 0) is 20.1 Å². The molecule has 1 aromatic carbocycles. The average molecular weight is 283 g/mol. The van der Waals surface area contributed by atoms with E-state index >= 15 is 0 Å². The van der Waals surface area contributed by atoms with E-state index in [0.29, 0.717) is 25.0 Å². The quantitative estimate of drug-likeness (QED) is 0.744. The lowest BCUT2D eigenvalue weighted by Crippen LogP contribution is -2.52. The molecule has 2 aliphatic carbocycles. The van der Waals surface area contributed by atoms with E-state index in [1.54, 1.807) is 0 Å². The Bertz CT molecular complexity index is 658. The van der Waals surface area contributed by atoms with Crippen LogP contribution in [0.5, 0.6) is 0 Å². The second-order valence-corrected chi connectivity index (χ2v) is 6.75. The van der Waals surface area contributed by atoms with Gasteiger partial charge in [-0.25, -0.2) is 0 Å². The molecule has 21 heavy (non-hydrogen) atoms. The van der Waals surface area contributed by atoms with Crippen molar-refractivity contribution in [2.45, 2.75) is 18.6 Å². The minimum absolute atomic E-state index is 0.0719. The molecule has 2 bridgehead atoms. The monoisotopic (exact) mass is 283 g/mol. The number of hydrogen-bond acceptors (Lipinski definition) is 3. The molecule has 1 amide bonds. The zero-order valence-corrected chi connectivity index (χ0v) is 11.7. The van der Waals surface area contributed by atoms with Crippen LogP contribution in [0.1, 0.15) is 18.4 Å². The SMILES string of the molecule is O=C1Nc2ccccc2C12OCC1(CO2)CC2C=CC1C2. The number of allylic oxidation sites excluding steroid dienone is 2. The lowest BCUT2D eigenvalue weighted by molar-refractivity contribution is -0.294. The van der Waals surface area contributed by atoms with Crippen molar-refractivity contribution in [1.29, 1.82) is 0 Å². The fourth-order valence-corrected chi connectivity index (χ4v) is 4.45. The number of rotatable bonds is 0. The molecule has 5 rings (SSSR count). The number of anilines is 1. The predicted molar refractivity (Wildman–Crippen MR) is 76.4 cm³/mol. The first-order valence-corrected chi connectivity index (χ1v) is 7.59. The molecule has 4 heteroatoms. The molecule has 0 aromatic heterocycles. The molecular formula is C17H17NO3. The van der Waals surface area contributed by atoms with Crippen LogP contribution in [0.4, 0.5) is 5.69 Å². The standard InChI is InChI=1S/C17H17NO3/c19-15-17(13-3-1-2-4-14(13)18-15)20-9-16(10-21-17)8-11-5-6-12(16)7-11/h1-6,11-12H,7-10H2,(H,18,19). The van der Waals surface area contributed by atoms with Gasteiger partial charge >= 0.3 is 0 Å². The van der Waals surface area contributed by atoms with Gasteiger partial charge < -0.3 is 14.8 Å². The molecule has 4 aliphatic rings. The highest BCUT2D eigenvalue weighted by Gasteiger charge is 2.59. The summed E-state index contributed by atoms with van der Waals surface area (Å²) in [5.41, 5.74) is 1.68. The zero-order chi connectivity index (χ0) is 14.1. The Morgan fingerprint density at radius 2 is 1.95 bits per heavy atom. The van der Waals surface area contributed by atoms with Gasteiger partial charge in [-0.2, -0.15) is 0 Å². The summed E-state index contributed by atoms with van der Waals surface area (Å²) in [5.74, 6) is -0.217. The molecule has 2 spiro atoms. The number of ether oxygens (including phenoxy) is 2. The third kappa shape index (κ3) is 1.39. The van der Waals surface area contributed by atoms with E-state index in [9.17, 15) is 4.79 Å². The highest BCUT2D eigenvalue weighted by molar-refractivity contribution is 6.04. The maximum atomic E-state index is 12.4. The topological polar surface area (TPSA) is 47.6 Å². The second-order valence-electron chi connectivity index (χ2n) is 6.75. The van der Waals surface area contributed by atoms with E-state index in [2.05, 4.69) is 17.5 Å². The van der Waals surface area contributed by atoms with E-state index in [-0.39, 0.29) is 11.3 Å². The molecular weight excluding hydrogens is 266 g/mol. The summed E-state index contributed by atoms with van der Waals surface area (Å²) in [6.45, 7) is 1.19. The van der Waals surface area contributed by atoms with Gasteiger partial charge in [0.15, 0.2) is 0 Å². The Morgan fingerprint density at radius 3 is 2.67 bits per heavy atom. The summed E-state index contributed by atoms with van der Waals surface area (Å²) in [6.07, 6.45) is 6.95. The maximum absolute atomic E-state index is 12.4. The maximum Gasteiger partial charge on any atom is 0.289 e. The number of carbonyl (C=O) groups excluding carboxylic acids is 1. The molecule has 108 valence electrons. The van der Waals surface area contributed by atoms with Crippen LogP contribution >= 0.6 is 0 Å². The van der Waals surface area contributed by atoms with Gasteiger partial charge in [-0.15, -0.1) is 0 Å². The Morgan fingerprint density at radius 1 is 1.14 bits per heavy atom. The Balaban J connectivity index is 1.49. The van der Waals surface area contributed by atoms with Crippen LogP contribution in [0, 0.1) is 17.3 Å². The molecule has 2 atom stereocenters. The van der Waals surface area contributed by atoms with E-state index < -0.39 is 5.79 Å². The summed E-state index contributed by atoms with van der Waals surface area (Å²) in [7, 11) is 0. The second kappa shape index (κ2) is 3.76. The van der Waals surface area contributed by atoms with Crippen molar-refractivity contribution in [3.8, 4) is 0 Å². The minimum Gasteiger partial charge on any atom is -0.338 e. The first kappa shape index (κ1) is 12.0. The minimum atomic E-state index is -1.23. The van der Waals surface area contributed by atoms with Gasteiger partial charge in [-0.05, 0) is 30.7 Å². The highest BCUT2D eigenvalue weighted by atomic mass is 16.7. The Labute approximate surface area is 123 Å². The van der Waals surface area contributed by atoms with Gasteiger partial charge in [0.25, 0.3) is 11.7 Å². The molecule has 2 unspecified atom stereocenters. The Hall–Kier alpha value is -1.65. The number of carbonyl (C=O) groups is 1. The summed E-state index contributed by atoms with van der Waals surface area (Å²) in [5, 5.41) is 2.87. The lowest BCUT2D eigenvalue weighted by Gasteiger charge is -2.44. The molecule has 1 saturated carbocycles. The van der Waals surface area contributed by atoms with Crippen LogP contribution < -0.4 is 5.32 Å². The zero-order valence-electron chi connectivity index (χ0n) is 11.7. The van der Waals surface area contributed by atoms with Gasteiger partial charge in [-0.1, -0.05) is 30.4 Å². The number of para-hydroxylation sites is 1. The van der Waals surface area contributed by atoms with Crippen LogP contribution in [0.3, 0.4) is 0 Å². The first-order chi connectivity index (χ1) is 10.2. The third-order valence-corrected chi connectivity index (χ3v) is 5.58. The van der Waals surface area contributed by atoms with Crippen LogP contribution in [0.15, 0.2) is 36.4 Å². The largest absolute Gasteiger partial charge is 0.338 e. The highest BCUT2D eigenvalue weighted by Crippen LogP contribution is 2.56. The molecule has 2 heterocycles.